The second kappa shape index (κ2) is 8.61. The van der Waals surface area contributed by atoms with E-state index < -0.39 is 5.91 Å². The highest BCUT2D eigenvalue weighted by Gasteiger charge is 2.26. The van der Waals surface area contributed by atoms with Crippen molar-refractivity contribution in [2.45, 2.75) is 52.4 Å². The monoisotopic (exact) mass is 435 g/mol. The van der Waals surface area contributed by atoms with Crippen LogP contribution in [0.4, 0.5) is 21.5 Å². The van der Waals surface area contributed by atoms with Crippen LogP contribution >= 0.6 is 0 Å². The third-order valence-electron chi connectivity index (χ3n) is 5.20. The Balaban J connectivity index is 1.99. The number of pyridine rings is 1. The molecule has 5 nitrogen and oxygen atoms in total. The lowest BCUT2D eigenvalue weighted by molar-refractivity contribution is 0.102. The molecule has 2 aromatic carbocycles. The number of phenolic OH excluding ortho intramolecular Hbond substituents is 1. The Labute approximate surface area is 188 Å². The number of aromatic nitrogens is 1. The van der Waals surface area contributed by atoms with E-state index >= 15 is 0 Å². The molecule has 3 rings (SSSR count). The highest BCUT2D eigenvalue weighted by Crippen LogP contribution is 2.40. The summed E-state index contributed by atoms with van der Waals surface area (Å²) in [4.78, 5) is 17.3. The summed E-state index contributed by atoms with van der Waals surface area (Å²) in [5.74, 6) is -0.747. The summed E-state index contributed by atoms with van der Waals surface area (Å²) >= 11 is 0. The van der Waals surface area contributed by atoms with E-state index in [1.54, 1.807) is 18.2 Å². The average Bonchev–Trinajstić information content (AvgIpc) is 2.68. The van der Waals surface area contributed by atoms with Crippen LogP contribution in [0.5, 0.6) is 5.75 Å². The van der Waals surface area contributed by atoms with Gasteiger partial charge in [0.2, 0.25) is 0 Å². The molecule has 1 aromatic heterocycles. The lowest BCUT2D eigenvalue weighted by Gasteiger charge is -2.27. The molecule has 1 heterocycles. The maximum Gasteiger partial charge on any atom is 0.257 e. The van der Waals surface area contributed by atoms with E-state index in [0.717, 1.165) is 11.1 Å². The molecule has 0 radical (unpaired) electrons. The van der Waals surface area contributed by atoms with Gasteiger partial charge in [-0.2, -0.15) is 0 Å². The molecule has 0 bridgehead atoms. The van der Waals surface area contributed by atoms with Crippen molar-refractivity contribution in [3.8, 4) is 5.75 Å². The number of carbonyl (C=O) groups is 1. The third kappa shape index (κ3) is 5.25. The van der Waals surface area contributed by atoms with Crippen molar-refractivity contribution in [1.82, 2.24) is 4.98 Å². The zero-order valence-corrected chi connectivity index (χ0v) is 19.4. The molecular formula is C26H30FN3O2. The van der Waals surface area contributed by atoms with Gasteiger partial charge in [-0.3, -0.25) is 9.78 Å². The van der Waals surface area contributed by atoms with Gasteiger partial charge in [-0.1, -0.05) is 53.7 Å². The van der Waals surface area contributed by atoms with Crippen molar-refractivity contribution in [3.63, 3.8) is 0 Å². The molecule has 0 aliphatic carbocycles. The van der Waals surface area contributed by atoms with Crippen LogP contribution in [0.1, 0.15) is 63.0 Å². The Morgan fingerprint density at radius 1 is 0.969 bits per heavy atom. The smallest absolute Gasteiger partial charge is 0.257 e. The molecule has 0 aliphatic heterocycles. The molecule has 3 N–H and O–H groups in total. The van der Waals surface area contributed by atoms with Crippen LogP contribution in [0, 0.1) is 5.82 Å². The predicted octanol–water partition coefficient (Wildman–Crippen LogP) is 6.52. The van der Waals surface area contributed by atoms with Gasteiger partial charge in [-0.25, -0.2) is 4.39 Å². The number of anilines is 3. The number of carbonyl (C=O) groups excluding carboxylic acids is 1. The topological polar surface area (TPSA) is 74.2 Å². The fraction of sp³-hybridized carbons (Fsp3) is 0.308. The van der Waals surface area contributed by atoms with Crippen LogP contribution in [-0.4, -0.2) is 16.0 Å². The minimum Gasteiger partial charge on any atom is -0.505 e. The van der Waals surface area contributed by atoms with E-state index in [-0.39, 0.29) is 22.4 Å². The zero-order chi connectivity index (χ0) is 23.7. The molecular weight excluding hydrogens is 405 g/mol. The zero-order valence-electron chi connectivity index (χ0n) is 19.4. The lowest BCUT2D eigenvalue weighted by Crippen LogP contribution is -2.19. The van der Waals surface area contributed by atoms with Gasteiger partial charge in [-0.15, -0.1) is 0 Å². The number of hydrogen-bond acceptors (Lipinski definition) is 4. The summed E-state index contributed by atoms with van der Waals surface area (Å²) in [7, 11) is 0. The Kier molecular flexibility index (Phi) is 6.26. The second-order valence-electron chi connectivity index (χ2n) is 9.93. The predicted molar refractivity (Wildman–Crippen MR) is 127 cm³/mol. The first-order chi connectivity index (χ1) is 14.9. The van der Waals surface area contributed by atoms with E-state index in [9.17, 15) is 14.3 Å². The first kappa shape index (κ1) is 23.3. The number of hydrogen-bond donors (Lipinski definition) is 3. The molecule has 6 heteroatoms. The molecule has 0 atom stereocenters. The Morgan fingerprint density at radius 3 is 2.31 bits per heavy atom. The molecule has 32 heavy (non-hydrogen) atoms. The number of nitrogens with one attached hydrogen (secondary N) is 2. The fourth-order valence-corrected chi connectivity index (χ4v) is 3.34. The van der Waals surface area contributed by atoms with Crippen molar-refractivity contribution >= 4 is 23.0 Å². The van der Waals surface area contributed by atoms with E-state index in [1.807, 2.05) is 32.9 Å². The normalized spacial score (nSPS) is 11.8. The molecule has 0 saturated carbocycles. The van der Waals surface area contributed by atoms with Gasteiger partial charge in [0.1, 0.15) is 11.6 Å². The summed E-state index contributed by atoms with van der Waals surface area (Å²) in [6, 6.07) is 11.3. The summed E-state index contributed by atoms with van der Waals surface area (Å²) in [6.45, 7) is 12.3. The van der Waals surface area contributed by atoms with E-state index in [4.69, 9.17) is 0 Å². The Hall–Kier alpha value is -3.41. The SMILES string of the molecule is CC(C)(C)c1cc(NC(=O)c2ccncc2Nc2cccc(F)c2)c(O)c(C(C)(C)C)c1. The number of rotatable bonds is 4. The Morgan fingerprint density at radius 2 is 1.69 bits per heavy atom. The quantitative estimate of drug-likeness (QED) is 0.408. The molecule has 1 amide bonds. The van der Waals surface area contributed by atoms with Gasteiger partial charge in [0, 0.05) is 17.4 Å². The van der Waals surface area contributed by atoms with Crippen LogP contribution in [0.3, 0.4) is 0 Å². The summed E-state index contributed by atoms with van der Waals surface area (Å²) < 4.78 is 13.6. The maximum absolute atomic E-state index is 13.6. The third-order valence-corrected chi connectivity index (χ3v) is 5.20. The lowest BCUT2D eigenvalue weighted by atomic mass is 9.79. The van der Waals surface area contributed by atoms with E-state index in [2.05, 4.69) is 36.4 Å². The van der Waals surface area contributed by atoms with Crippen molar-refractivity contribution in [1.29, 1.82) is 0 Å². The molecule has 168 valence electrons. The standard InChI is InChI=1S/C26H30FN3O2/c1-25(2,3)16-12-20(26(4,5)6)23(31)21(13-16)30-24(32)19-10-11-28-15-22(19)29-18-9-7-8-17(27)14-18/h7-15,29,31H,1-6H3,(H,30,32). The molecule has 0 fully saturated rings. The van der Waals surface area contributed by atoms with Gasteiger partial charge < -0.3 is 15.7 Å². The molecule has 0 aliphatic rings. The van der Waals surface area contributed by atoms with Crippen molar-refractivity contribution in [2.75, 3.05) is 10.6 Å². The van der Waals surface area contributed by atoms with Crippen LogP contribution in [-0.2, 0) is 10.8 Å². The Bertz CT molecular complexity index is 1140. The largest absolute Gasteiger partial charge is 0.505 e. The number of aromatic hydroxyl groups is 1. The van der Waals surface area contributed by atoms with Gasteiger partial charge in [0.05, 0.1) is 23.1 Å². The average molecular weight is 436 g/mol. The van der Waals surface area contributed by atoms with Crippen molar-refractivity contribution in [2.24, 2.45) is 0 Å². The minimum atomic E-state index is -0.410. The van der Waals surface area contributed by atoms with Gasteiger partial charge >= 0.3 is 0 Å². The highest BCUT2D eigenvalue weighted by molar-refractivity contribution is 6.09. The molecule has 0 unspecified atom stereocenters. The van der Waals surface area contributed by atoms with Crippen LogP contribution in [0.25, 0.3) is 0 Å². The van der Waals surface area contributed by atoms with E-state index in [0.29, 0.717) is 22.6 Å². The van der Waals surface area contributed by atoms with Crippen LogP contribution in [0.2, 0.25) is 0 Å². The minimum absolute atomic E-state index is 0.0487. The van der Waals surface area contributed by atoms with Gasteiger partial charge in [-0.05, 0) is 46.7 Å². The fourth-order valence-electron chi connectivity index (χ4n) is 3.34. The van der Waals surface area contributed by atoms with Crippen molar-refractivity contribution < 1.29 is 14.3 Å². The first-order valence-electron chi connectivity index (χ1n) is 10.5. The molecule has 0 saturated heterocycles. The summed E-state index contributed by atoms with van der Waals surface area (Å²) in [6.07, 6.45) is 3.02. The number of benzene rings is 2. The number of phenols is 1. The highest BCUT2D eigenvalue weighted by atomic mass is 19.1. The van der Waals surface area contributed by atoms with Crippen molar-refractivity contribution in [3.05, 3.63) is 77.4 Å². The second-order valence-corrected chi connectivity index (χ2v) is 9.93. The number of nitrogens with zero attached hydrogens (tertiary/aromatic N) is 1. The van der Waals surface area contributed by atoms with Crippen LogP contribution in [0.15, 0.2) is 54.9 Å². The molecule has 3 aromatic rings. The van der Waals surface area contributed by atoms with Gasteiger partial charge in [0.15, 0.2) is 0 Å². The summed E-state index contributed by atoms with van der Waals surface area (Å²) in [5, 5.41) is 16.9. The first-order valence-corrected chi connectivity index (χ1v) is 10.5. The van der Waals surface area contributed by atoms with Crippen LogP contribution < -0.4 is 10.6 Å². The molecule has 0 spiro atoms. The number of halogens is 1. The summed E-state index contributed by atoms with van der Waals surface area (Å²) in [5.41, 5.74) is 2.87. The number of amides is 1. The van der Waals surface area contributed by atoms with Gasteiger partial charge in [0.25, 0.3) is 5.91 Å². The van der Waals surface area contributed by atoms with E-state index in [1.165, 1.54) is 24.5 Å². The maximum atomic E-state index is 13.6.